The van der Waals surface area contributed by atoms with Crippen LogP contribution >= 0.6 is 0 Å². The number of carbonyl (C=O) groups excluding carboxylic acids is 1. The Balaban J connectivity index is 2.32. The van der Waals surface area contributed by atoms with Crippen molar-refractivity contribution in [2.24, 2.45) is 0 Å². The summed E-state index contributed by atoms with van der Waals surface area (Å²) in [5.74, 6) is -0.289. The third kappa shape index (κ3) is 1.97. The average Bonchev–Trinajstić information content (AvgIpc) is 2.98. The number of furan rings is 1. The molecule has 0 spiro atoms. The Morgan fingerprint density at radius 1 is 1.18 bits per heavy atom. The minimum Gasteiger partial charge on any atom is -0.460 e. The molecule has 0 N–H and O–H groups in total. The highest BCUT2D eigenvalue weighted by atomic mass is 16.5. The second-order valence-corrected chi connectivity index (χ2v) is 5.51. The number of hydrogen-bond donors (Lipinski definition) is 0. The Morgan fingerprint density at radius 2 is 1.91 bits per heavy atom. The maximum absolute atomic E-state index is 12.5. The summed E-state index contributed by atoms with van der Waals surface area (Å²) >= 11 is 0. The molecule has 0 aliphatic heterocycles. The molecule has 1 atom stereocenters. The predicted molar refractivity (Wildman–Crippen MR) is 79.0 cm³/mol. The van der Waals surface area contributed by atoms with E-state index < -0.39 is 17.0 Å². The van der Waals surface area contributed by atoms with Gasteiger partial charge in [-0.25, -0.2) is 4.79 Å². The minimum atomic E-state index is -0.903. The smallest absolute Gasteiger partial charge is 0.336 e. The fourth-order valence-electron chi connectivity index (χ4n) is 2.83. The van der Waals surface area contributed by atoms with Gasteiger partial charge in [0.05, 0.1) is 6.26 Å². The van der Waals surface area contributed by atoms with Gasteiger partial charge in [0.15, 0.2) is 11.5 Å². The zero-order chi connectivity index (χ0) is 15.9. The van der Waals surface area contributed by atoms with Gasteiger partial charge in [-0.2, -0.15) is 0 Å². The summed E-state index contributed by atoms with van der Waals surface area (Å²) in [6.07, 6.45) is 3.97. The van der Waals surface area contributed by atoms with Crippen molar-refractivity contribution >= 4 is 5.78 Å². The quantitative estimate of drug-likeness (QED) is 0.815. The van der Waals surface area contributed by atoms with Crippen molar-refractivity contribution < 1.29 is 18.4 Å². The molecule has 0 amide bonds. The van der Waals surface area contributed by atoms with Crippen LogP contribution in [0.25, 0.3) is 0 Å². The SMILES string of the molecule is COC1(CC=C(C)C)c2ccoc2C(=O)c2oc(=O)ccc21. The Hall–Kier alpha value is -2.40. The number of allylic oxidation sites excluding steroid dienone is 1. The summed E-state index contributed by atoms with van der Waals surface area (Å²) in [7, 11) is 1.57. The Bertz CT molecular complexity index is 820. The van der Waals surface area contributed by atoms with E-state index in [4.69, 9.17) is 13.6 Å². The molecule has 2 heterocycles. The predicted octanol–water partition coefficient (Wildman–Crippen LogP) is 3.02. The summed E-state index contributed by atoms with van der Waals surface area (Å²) < 4.78 is 16.3. The van der Waals surface area contributed by atoms with Crippen molar-refractivity contribution in [3.8, 4) is 0 Å². The molecule has 5 nitrogen and oxygen atoms in total. The molecule has 114 valence electrons. The van der Waals surface area contributed by atoms with Gasteiger partial charge in [-0.3, -0.25) is 4.79 Å². The van der Waals surface area contributed by atoms with Crippen molar-refractivity contribution in [1.82, 2.24) is 0 Å². The first kappa shape index (κ1) is 14.5. The standard InChI is InChI=1S/C17H16O5/c1-10(2)6-8-17(20-3)11-4-5-13(18)22-16(11)14(19)15-12(17)7-9-21-15/h4-7,9H,8H2,1-3H3. The molecule has 0 saturated heterocycles. The Morgan fingerprint density at radius 3 is 2.59 bits per heavy atom. The van der Waals surface area contributed by atoms with Gasteiger partial charge in [-0.05, 0) is 26.0 Å². The van der Waals surface area contributed by atoms with Crippen LogP contribution in [0.15, 0.2) is 49.7 Å². The monoisotopic (exact) mass is 300 g/mol. The van der Waals surface area contributed by atoms with Crippen LogP contribution in [0.4, 0.5) is 0 Å². The molecule has 3 rings (SSSR count). The van der Waals surface area contributed by atoms with Gasteiger partial charge in [0.1, 0.15) is 5.60 Å². The van der Waals surface area contributed by atoms with Gasteiger partial charge in [0.25, 0.3) is 5.78 Å². The van der Waals surface area contributed by atoms with Crippen LogP contribution in [-0.2, 0) is 10.3 Å². The van der Waals surface area contributed by atoms with Crippen LogP contribution in [-0.4, -0.2) is 12.9 Å². The fourth-order valence-corrected chi connectivity index (χ4v) is 2.83. The largest absolute Gasteiger partial charge is 0.460 e. The molecular weight excluding hydrogens is 284 g/mol. The molecular formula is C17H16O5. The molecule has 2 aromatic rings. The van der Waals surface area contributed by atoms with E-state index in [0.29, 0.717) is 17.5 Å². The molecule has 0 bridgehead atoms. The maximum Gasteiger partial charge on any atom is 0.336 e. The first-order valence-electron chi connectivity index (χ1n) is 6.95. The first-order valence-corrected chi connectivity index (χ1v) is 6.95. The van der Waals surface area contributed by atoms with Crippen LogP contribution in [0.5, 0.6) is 0 Å². The molecule has 0 fully saturated rings. The van der Waals surface area contributed by atoms with Gasteiger partial charge in [-0.15, -0.1) is 0 Å². The number of hydrogen-bond acceptors (Lipinski definition) is 5. The molecule has 0 saturated carbocycles. The average molecular weight is 300 g/mol. The minimum absolute atomic E-state index is 0.0149. The summed E-state index contributed by atoms with van der Waals surface area (Å²) in [6, 6.07) is 4.62. The van der Waals surface area contributed by atoms with Crippen molar-refractivity contribution in [3.05, 3.63) is 69.2 Å². The third-order valence-corrected chi connectivity index (χ3v) is 3.93. The molecule has 5 heteroatoms. The number of fused-ring (bicyclic) bond motifs is 2. The highest BCUT2D eigenvalue weighted by Crippen LogP contribution is 2.45. The number of rotatable bonds is 3. The van der Waals surface area contributed by atoms with Crippen molar-refractivity contribution in [2.75, 3.05) is 7.11 Å². The van der Waals surface area contributed by atoms with Crippen LogP contribution < -0.4 is 5.63 Å². The van der Waals surface area contributed by atoms with E-state index in [1.165, 1.54) is 12.3 Å². The lowest BCUT2D eigenvalue weighted by Crippen LogP contribution is -2.37. The third-order valence-electron chi connectivity index (χ3n) is 3.93. The van der Waals surface area contributed by atoms with Gasteiger partial charge < -0.3 is 13.6 Å². The Kier molecular flexibility index (Phi) is 3.37. The summed E-state index contributed by atoms with van der Waals surface area (Å²) in [5.41, 5.74) is 0.844. The molecule has 1 aliphatic rings. The van der Waals surface area contributed by atoms with Crippen LogP contribution in [0.2, 0.25) is 0 Å². The molecule has 0 radical (unpaired) electrons. The Labute approximate surface area is 127 Å². The zero-order valence-corrected chi connectivity index (χ0v) is 12.6. The number of ether oxygens (including phenoxy) is 1. The number of ketones is 1. The van der Waals surface area contributed by atoms with Gasteiger partial charge in [0, 0.05) is 30.7 Å². The van der Waals surface area contributed by atoms with Crippen LogP contribution in [0.3, 0.4) is 0 Å². The van der Waals surface area contributed by atoms with Crippen molar-refractivity contribution in [1.29, 1.82) is 0 Å². The van der Waals surface area contributed by atoms with Crippen LogP contribution in [0, 0.1) is 0 Å². The van der Waals surface area contributed by atoms with E-state index in [2.05, 4.69) is 0 Å². The van der Waals surface area contributed by atoms with E-state index in [1.807, 2.05) is 19.9 Å². The molecule has 2 aromatic heterocycles. The highest BCUT2D eigenvalue weighted by Gasteiger charge is 2.47. The molecule has 0 aromatic carbocycles. The molecule has 1 aliphatic carbocycles. The lowest BCUT2D eigenvalue weighted by Gasteiger charge is -2.35. The normalized spacial score (nSPS) is 19.5. The van der Waals surface area contributed by atoms with Gasteiger partial charge in [-0.1, -0.05) is 11.6 Å². The second-order valence-electron chi connectivity index (χ2n) is 5.51. The number of carbonyl (C=O) groups is 1. The first-order chi connectivity index (χ1) is 10.5. The topological polar surface area (TPSA) is 69.7 Å². The van der Waals surface area contributed by atoms with E-state index in [9.17, 15) is 9.59 Å². The van der Waals surface area contributed by atoms with Crippen molar-refractivity contribution in [3.63, 3.8) is 0 Å². The zero-order valence-electron chi connectivity index (χ0n) is 12.6. The van der Waals surface area contributed by atoms with Crippen LogP contribution in [0.1, 0.15) is 47.7 Å². The molecule has 1 unspecified atom stereocenters. The lowest BCUT2D eigenvalue weighted by atomic mass is 9.77. The lowest BCUT2D eigenvalue weighted by molar-refractivity contribution is 0.0173. The van der Waals surface area contributed by atoms with Gasteiger partial charge >= 0.3 is 5.63 Å². The van der Waals surface area contributed by atoms with E-state index >= 15 is 0 Å². The maximum atomic E-state index is 12.5. The van der Waals surface area contributed by atoms with Crippen molar-refractivity contribution in [2.45, 2.75) is 25.9 Å². The second kappa shape index (κ2) is 5.10. The van der Waals surface area contributed by atoms with E-state index in [0.717, 1.165) is 5.57 Å². The van der Waals surface area contributed by atoms with E-state index in [1.54, 1.807) is 19.2 Å². The number of methoxy groups -OCH3 is 1. The fraction of sp³-hybridized carbons (Fsp3) is 0.294. The summed E-state index contributed by atoms with van der Waals surface area (Å²) in [4.78, 5) is 24.0. The summed E-state index contributed by atoms with van der Waals surface area (Å²) in [5, 5.41) is 0. The van der Waals surface area contributed by atoms with E-state index in [-0.39, 0.29) is 11.5 Å². The van der Waals surface area contributed by atoms with Gasteiger partial charge in [0.2, 0.25) is 0 Å². The summed E-state index contributed by atoms with van der Waals surface area (Å²) in [6.45, 7) is 3.97. The highest BCUT2D eigenvalue weighted by molar-refractivity contribution is 6.09. The molecule has 22 heavy (non-hydrogen) atoms.